The van der Waals surface area contributed by atoms with Crippen molar-refractivity contribution in [3.8, 4) is 11.5 Å². The van der Waals surface area contributed by atoms with Gasteiger partial charge in [0.05, 0.1) is 6.61 Å². The maximum atomic E-state index is 10.1. The number of ether oxygens (including phenoxy) is 1. The SMILES string of the molecule is CCCCCCCCCCCCOS(=O)(=O)[O-].[Na+].c1ccc(Oc2ccccc2)cc1. The van der Waals surface area contributed by atoms with Gasteiger partial charge in [0.15, 0.2) is 0 Å². The molecule has 31 heavy (non-hydrogen) atoms. The van der Waals surface area contributed by atoms with E-state index in [0.717, 1.165) is 24.3 Å². The van der Waals surface area contributed by atoms with Gasteiger partial charge in [-0.25, -0.2) is 8.42 Å². The van der Waals surface area contributed by atoms with Gasteiger partial charge in [-0.3, -0.25) is 4.18 Å². The van der Waals surface area contributed by atoms with Crippen molar-refractivity contribution in [2.24, 2.45) is 0 Å². The summed E-state index contributed by atoms with van der Waals surface area (Å²) < 4.78 is 40.0. The zero-order valence-electron chi connectivity index (χ0n) is 19.0. The number of rotatable bonds is 14. The van der Waals surface area contributed by atoms with Crippen molar-refractivity contribution in [3.63, 3.8) is 0 Å². The molecule has 0 saturated heterocycles. The van der Waals surface area contributed by atoms with Crippen molar-refractivity contribution in [3.05, 3.63) is 60.7 Å². The number of unbranched alkanes of at least 4 members (excludes halogenated alkanes) is 9. The average Bonchev–Trinajstić information content (AvgIpc) is 2.73. The predicted molar refractivity (Wildman–Crippen MR) is 120 cm³/mol. The molecule has 0 aliphatic rings. The topological polar surface area (TPSA) is 75.7 Å². The van der Waals surface area contributed by atoms with E-state index in [1.807, 2.05) is 60.7 Å². The Balaban J connectivity index is 0.000000576. The molecule has 5 nitrogen and oxygen atoms in total. The Bertz CT molecular complexity index is 702. The van der Waals surface area contributed by atoms with Crippen molar-refractivity contribution in [2.75, 3.05) is 6.61 Å². The van der Waals surface area contributed by atoms with E-state index in [4.69, 9.17) is 4.74 Å². The summed E-state index contributed by atoms with van der Waals surface area (Å²) in [6.07, 6.45) is 11.7. The predicted octanol–water partition coefficient (Wildman–Crippen LogP) is 3.87. The second-order valence-corrected chi connectivity index (χ2v) is 8.19. The molecule has 0 aromatic heterocycles. The van der Waals surface area contributed by atoms with Gasteiger partial charge < -0.3 is 9.29 Å². The number of hydrogen-bond donors (Lipinski definition) is 0. The summed E-state index contributed by atoms with van der Waals surface area (Å²) in [4.78, 5) is 0. The first-order valence-corrected chi connectivity index (χ1v) is 12.2. The summed E-state index contributed by atoms with van der Waals surface area (Å²) in [5.41, 5.74) is 0. The van der Waals surface area contributed by atoms with Gasteiger partial charge in [-0.2, -0.15) is 0 Å². The van der Waals surface area contributed by atoms with Gasteiger partial charge in [0, 0.05) is 0 Å². The fraction of sp³-hybridized carbons (Fsp3) is 0.500. The first kappa shape index (κ1) is 30.1. The minimum atomic E-state index is -4.48. The Morgan fingerprint density at radius 2 is 1.06 bits per heavy atom. The molecule has 2 aromatic carbocycles. The maximum Gasteiger partial charge on any atom is 1.00 e. The van der Waals surface area contributed by atoms with Gasteiger partial charge in [0.2, 0.25) is 10.4 Å². The van der Waals surface area contributed by atoms with Gasteiger partial charge in [0.25, 0.3) is 0 Å². The largest absolute Gasteiger partial charge is 1.00 e. The van der Waals surface area contributed by atoms with Crippen molar-refractivity contribution in [2.45, 2.75) is 71.1 Å². The molecule has 0 bridgehead atoms. The summed E-state index contributed by atoms with van der Waals surface area (Å²) >= 11 is 0. The summed E-state index contributed by atoms with van der Waals surface area (Å²) in [6.45, 7) is 2.24. The molecule has 0 unspecified atom stereocenters. The standard InChI is InChI=1S/C12H26O4S.C12H10O.Na/c1-2-3-4-5-6-7-8-9-10-11-12-16-17(13,14)15;1-3-7-11(8-4-1)13-12-9-5-2-6-10-12;/h2-12H2,1H3,(H,13,14,15);1-10H;/q;;+1/p-1. The van der Waals surface area contributed by atoms with Gasteiger partial charge in [0.1, 0.15) is 11.5 Å². The summed E-state index contributed by atoms with van der Waals surface area (Å²) in [7, 11) is -4.48. The van der Waals surface area contributed by atoms with Crippen LogP contribution in [-0.4, -0.2) is 19.6 Å². The zero-order valence-corrected chi connectivity index (χ0v) is 21.8. The van der Waals surface area contributed by atoms with Crippen molar-refractivity contribution in [1.82, 2.24) is 0 Å². The van der Waals surface area contributed by atoms with Crippen molar-refractivity contribution in [1.29, 1.82) is 0 Å². The van der Waals surface area contributed by atoms with Crippen LogP contribution in [-0.2, 0) is 14.6 Å². The summed E-state index contributed by atoms with van der Waals surface area (Å²) in [5.74, 6) is 1.74. The normalized spacial score (nSPS) is 10.5. The van der Waals surface area contributed by atoms with E-state index < -0.39 is 10.4 Å². The third kappa shape index (κ3) is 19.5. The maximum absolute atomic E-state index is 10.1. The van der Waals surface area contributed by atoms with Crippen molar-refractivity contribution < 1.29 is 51.4 Å². The molecule has 0 spiro atoms. The molecular weight excluding hydrogens is 423 g/mol. The summed E-state index contributed by atoms with van der Waals surface area (Å²) in [5, 5.41) is 0. The molecule has 0 N–H and O–H groups in total. The van der Waals surface area contributed by atoms with Gasteiger partial charge >= 0.3 is 29.6 Å². The van der Waals surface area contributed by atoms with Gasteiger partial charge in [-0.1, -0.05) is 101 Å². The monoisotopic (exact) mass is 458 g/mol. The van der Waals surface area contributed by atoms with Gasteiger partial charge in [-0.15, -0.1) is 0 Å². The molecule has 0 atom stereocenters. The fourth-order valence-corrected chi connectivity index (χ4v) is 3.19. The second-order valence-electron chi connectivity index (χ2n) is 7.14. The van der Waals surface area contributed by atoms with Crippen LogP contribution in [0.2, 0.25) is 0 Å². The average molecular weight is 459 g/mol. The van der Waals surface area contributed by atoms with E-state index in [9.17, 15) is 13.0 Å². The Kier molecular flexibility index (Phi) is 19.2. The van der Waals surface area contributed by atoms with Gasteiger partial charge in [-0.05, 0) is 30.7 Å². The van der Waals surface area contributed by atoms with Crippen LogP contribution in [0.15, 0.2) is 60.7 Å². The molecule has 0 aliphatic heterocycles. The Labute approximate surface area is 210 Å². The molecule has 2 aromatic rings. The third-order valence-electron chi connectivity index (χ3n) is 4.45. The van der Waals surface area contributed by atoms with E-state index in [-0.39, 0.29) is 36.2 Å². The molecule has 0 amide bonds. The molecule has 168 valence electrons. The quantitative estimate of drug-likeness (QED) is 0.186. The minimum absolute atomic E-state index is 0. The zero-order chi connectivity index (χ0) is 21.9. The molecule has 0 radical (unpaired) electrons. The molecule has 2 rings (SSSR count). The van der Waals surface area contributed by atoms with E-state index >= 15 is 0 Å². The van der Waals surface area contributed by atoms with Crippen LogP contribution >= 0.6 is 0 Å². The molecule has 0 fully saturated rings. The Hall–Kier alpha value is -0.890. The molecule has 0 aliphatic carbocycles. The van der Waals surface area contributed by atoms with E-state index in [2.05, 4.69) is 11.1 Å². The molecule has 0 saturated carbocycles. The van der Waals surface area contributed by atoms with Crippen LogP contribution in [0.4, 0.5) is 0 Å². The smallest absolute Gasteiger partial charge is 0.726 e. The molecular formula is C24H35NaO5S. The first-order chi connectivity index (χ1) is 14.5. The van der Waals surface area contributed by atoms with Crippen LogP contribution in [0, 0.1) is 0 Å². The number of hydrogen-bond acceptors (Lipinski definition) is 5. The van der Waals surface area contributed by atoms with Crippen molar-refractivity contribution >= 4 is 10.4 Å². The Morgan fingerprint density at radius 1 is 0.677 bits per heavy atom. The van der Waals surface area contributed by atoms with E-state index in [1.54, 1.807) is 0 Å². The fourth-order valence-electron chi connectivity index (χ4n) is 2.86. The second kappa shape index (κ2) is 19.8. The van der Waals surface area contributed by atoms with E-state index in [0.29, 0.717) is 6.42 Å². The Morgan fingerprint density at radius 3 is 1.45 bits per heavy atom. The van der Waals surface area contributed by atoms with Crippen LogP contribution in [0.25, 0.3) is 0 Å². The third-order valence-corrected chi connectivity index (χ3v) is 4.90. The molecule has 0 heterocycles. The molecule has 7 heteroatoms. The minimum Gasteiger partial charge on any atom is -0.726 e. The van der Waals surface area contributed by atoms with Crippen LogP contribution in [0.5, 0.6) is 11.5 Å². The number of para-hydroxylation sites is 2. The van der Waals surface area contributed by atoms with Crippen LogP contribution in [0.1, 0.15) is 71.1 Å². The summed E-state index contributed by atoms with van der Waals surface area (Å²) in [6, 6.07) is 19.5. The first-order valence-electron chi connectivity index (χ1n) is 10.9. The van der Waals surface area contributed by atoms with Crippen LogP contribution < -0.4 is 34.3 Å². The van der Waals surface area contributed by atoms with Crippen LogP contribution in [0.3, 0.4) is 0 Å². The van der Waals surface area contributed by atoms with E-state index in [1.165, 1.54) is 44.9 Å². The number of benzene rings is 2.